The van der Waals surface area contributed by atoms with Crippen LogP contribution in [0.1, 0.15) is 0 Å². The van der Waals surface area contributed by atoms with Crippen molar-refractivity contribution in [3.63, 3.8) is 0 Å². The highest BCUT2D eigenvalue weighted by Gasteiger charge is 2.07. The van der Waals surface area contributed by atoms with E-state index in [2.05, 4.69) is 0 Å². The highest BCUT2D eigenvalue weighted by Crippen LogP contribution is 2.05. The number of rotatable bonds is 1. The summed E-state index contributed by atoms with van der Waals surface area (Å²) in [5, 5.41) is 0. The average molecular weight is 213 g/mol. The zero-order valence-electron chi connectivity index (χ0n) is 8.55. The van der Waals surface area contributed by atoms with Crippen LogP contribution >= 0.6 is 0 Å². The quantitative estimate of drug-likeness (QED) is 0.548. The largest absolute Gasteiger partial charge is 0.254 e. The summed E-state index contributed by atoms with van der Waals surface area (Å²) in [5.41, 5.74) is 2.05. The van der Waals surface area contributed by atoms with Crippen LogP contribution in [-0.4, -0.2) is 4.40 Å². The van der Waals surface area contributed by atoms with Crippen molar-refractivity contribution in [3.05, 3.63) is 67.0 Å². The van der Waals surface area contributed by atoms with E-state index in [9.17, 15) is 4.39 Å². The molecule has 0 fully saturated rings. The van der Waals surface area contributed by atoms with Crippen LogP contribution in [0.25, 0.3) is 11.2 Å². The number of nitrogens with zero attached hydrogens (tertiary/aromatic N) is 2. The molecule has 78 valence electrons. The Morgan fingerprint density at radius 2 is 1.81 bits per heavy atom. The second-order valence-electron chi connectivity index (χ2n) is 3.66. The van der Waals surface area contributed by atoms with E-state index in [1.165, 1.54) is 12.1 Å². The molecule has 0 spiro atoms. The van der Waals surface area contributed by atoms with Crippen LogP contribution in [-0.2, 0) is 0 Å². The molecule has 0 aliphatic rings. The molecule has 3 aromatic rings. The van der Waals surface area contributed by atoms with Crippen molar-refractivity contribution in [1.29, 1.82) is 0 Å². The van der Waals surface area contributed by atoms with Crippen molar-refractivity contribution in [1.82, 2.24) is 4.40 Å². The van der Waals surface area contributed by atoms with Gasteiger partial charge in [-0.3, -0.25) is 0 Å². The first-order valence-electron chi connectivity index (χ1n) is 5.07. The van der Waals surface area contributed by atoms with E-state index >= 15 is 0 Å². The molecule has 0 atom stereocenters. The highest BCUT2D eigenvalue weighted by molar-refractivity contribution is 5.42. The fourth-order valence-electron chi connectivity index (χ4n) is 1.75. The van der Waals surface area contributed by atoms with Crippen LogP contribution in [0.15, 0.2) is 61.2 Å². The van der Waals surface area contributed by atoms with E-state index in [1.807, 2.05) is 45.9 Å². The molecule has 16 heavy (non-hydrogen) atoms. The molecule has 0 amide bonds. The van der Waals surface area contributed by atoms with Crippen LogP contribution in [0.3, 0.4) is 0 Å². The third-order valence-electron chi connectivity index (χ3n) is 2.57. The zero-order chi connectivity index (χ0) is 11.0. The van der Waals surface area contributed by atoms with Gasteiger partial charge in [-0.05, 0) is 36.4 Å². The summed E-state index contributed by atoms with van der Waals surface area (Å²) >= 11 is 0. The molecule has 0 saturated heterocycles. The van der Waals surface area contributed by atoms with Crippen molar-refractivity contribution in [2.45, 2.75) is 0 Å². The molecule has 3 heteroatoms. The average Bonchev–Trinajstić information content (AvgIpc) is 2.73. The standard InChI is InChI=1S/C13H10FN2/c14-11-4-6-12(7-5-11)16-9-13-3-1-2-8-15(13)10-16/h1-10H/q+1. The van der Waals surface area contributed by atoms with Crippen molar-refractivity contribution >= 4 is 5.52 Å². The summed E-state index contributed by atoms with van der Waals surface area (Å²) in [4.78, 5) is 0. The third kappa shape index (κ3) is 1.46. The summed E-state index contributed by atoms with van der Waals surface area (Å²) < 4.78 is 16.8. The zero-order valence-corrected chi connectivity index (χ0v) is 8.55. The van der Waals surface area contributed by atoms with E-state index in [0.29, 0.717) is 0 Å². The number of fused-ring (bicyclic) bond motifs is 1. The van der Waals surface area contributed by atoms with Gasteiger partial charge in [-0.25, -0.2) is 13.4 Å². The van der Waals surface area contributed by atoms with E-state index in [1.54, 1.807) is 12.1 Å². The summed E-state index contributed by atoms with van der Waals surface area (Å²) in [6.07, 6.45) is 5.95. The maximum absolute atomic E-state index is 12.8. The number of hydrogen-bond donors (Lipinski definition) is 0. The Bertz CT molecular complexity index is 593. The van der Waals surface area contributed by atoms with Gasteiger partial charge < -0.3 is 0 Å². The molecule has 0 aliphatic heterocycles. The first-order valence-corrected chi connectivity index (χ1v) is 5.07. The van der Waals surface area contributed by atoms with Crippen molar-refractivity contribution < 1.29 is 8.96 Å². The molecular weight excluding hydrogens is 203 g/mol. The van der Waals surface area contributed by atoms with Gasteiger partial charge in [-0.1, -0.05) is 6.07 Å². The summed E-state index contributed by atoms with van der Waals surface area (Å²) in [6, 6.07) is 12.4. The molecule has 0 unspecified atom stereocenters. The fourth-order valence-corrected chi connectivity index (χ4v) is 1.75. The number of imidazole rings is 1. The second kappa shape index (κ2) is 3.45. The van der Waals surface area contributed by atoms with Gasteiger partial charge in [0.25, 0.3) is 6.33 Å². The molecule has 3 rings (SSSR count). The Kier molecular flexibility index (Phi) is 1.96. The minimum absolute atomic E-state index is 0.215. The lowest BCUT2D eigenvalue weighted by Gasteiger charge is -1.93. The molecular formula is C13H10FN2+. The minimum Gasteiger partial charge on any atom is -0.207 e. The highest BCUT2D eigenvalue weighted by atomic mass is 19.1. The molecule has 0 radical (unpaired) electrons. The van der Waals surface area contributed by atoms with Gasteiger partial charge in [-0.2, -0.15) is 0 Å². The predicted octanol–water partition coefficient (Wildman–Crippen LogP) is 2.36. The summed E-state index contributed by atoms with van der Waals surface area (Å²) in [7, 11) is 0. The Morgan fingerprint density at radius 3 is 2.56 bits per heavy atom. The van der Waals surface area contributed by atoms with Gasteiger partial charge in [0.2, 0.25) is 0 Å². The van der Waals surface area contributed by atoms with Crippen LogP contribution in [0.2, 0.25) is 0 Å². The number of halogens is 1. The van der Waals surface area contributed by atoms with Crippen molar-refractivity contribution in [2.24, 2.45) is 0 Å². The first-order chi connectivity index (χ1) is 7.83. The lowest BCUT2D eigenvalue weighted by molar-refractivity contribution is -0.594. The third-order valence-corrected chi connectivity index (χ3v) is 2.57. The topological polar surface area (TPSA) is 8.29 Å². The molecule has 0 N–H and O–H groups in total. The molecule has 2 nitrogen and oxygen atoms in total. The van der Waals surface area contributed by atoms with E-state index < -0.39 is 0 Å². The van der Waals surface area contributed by atoms with Crippen LogP contribution in [0.5, 0.6) is 0 Å². The first kappa shape index (κ1) is 9.09. The van der Waals surface area contributed by atoms with Gasteiger partial charge in [0.1, 0.15) is 17.7 Å². The van der Waals surface area contributed by atoms with Crippen LogP contribution in [0.4, 0.5) is 4.39 Å². The maximum atomic E-state index is 12.8. The van der Waals surface area contributed by atoms with Gasteiger partial charge in [0.05, 0.1) is 6.20 Å². The van der Waals surface area contributed by atoms with Gasteiger partial charge in [0, 0.05) is 0 Å². The second-order valence-corrected chi connectivity index (χ2v) is 3.66. The molecule has 2 aromatic heterocycles. The Hall–Kier alpha value is -2.16. The maximum Gasteiger partial charge on any atom is 0.254 e. The van der Waals surface area contributed by atoms with E-state index in [0.717, 1.165) is 11.2 Å². The van der Waals surface area contributed by atoms with Crippen LogP contribution < -0.4 is 4.57 Å². The molecule has 2 heterocycles. The lowest BCUT2D eigenvalue weighted by Crippen LogP contribution is -2.26. The van der Waals surface area contributed by atoms with E-state index in [4.69, 9.17) is 0 Å². The lowest BCUT2D eigenvalue weighted by atomic mass is 10.3. The monoisotopic (exact) mass is 213 g/mol. The Morgan fingerprint density at radius 1 is 1.00 bits per heavy atom. The smallest absolute Gasteiger partial charge is 0.207 e. The van der Waals surface area contributed by atoms with Gasteiger partial charge >= 0.3 is 0 Å². The Labute approximate surface area is 92.2 Å². The van der Waals surface area contributed by atoms with E-state index in [-0.39, 0.29) is 5.82 Å². The van der Waals surface area contributed by atoms with Crippen molar-refractivity contribution in [3.8, 4) is 5.69 Å². The molecule has 0 bridgehead atoms. The minimum atomic E-state index is -0.215. The van der Waals surface area contributed by atoms with Crippen LogP contribution in [0, 0.1) is 5.82 Å². The normalized spacial score (nSPS) is 10.8. The Balaban J connectivity index is 2.15. The number of pyridine rings is 1. The van der Waals surface area contributed by atoms with Gasteiger partial charge in [0.15, 0.2) is 5.52 Å². The summed E-state index contributed by atoms with van der Waals surface area (Å²) in [5.74, 6) is -0.215. The van der Waals surface area contributed by atoms with Gasteiger partial charge in [-0.15, -0.1) is 0 Å². The predicted molar refractivity (Wildman–Crippen MR) is 58.9 cm³/mol. The summed E-state index contributed by atoms with van der Waals surface area (Å²) in [6.45, 7) is 0. The van der Waals surface area contributed by atoms with Crippen molar-refractivity contribution in [2.75, 3.05) is 0 Å². The molecule has 0 saturated carbocycles. The SMILES string of the molecule is Fc1ccc(-[n+]2cc3ccccn3c2)cc1. The number of hydrogen-bond acceptors (Lipinski definition) is 0. The number of aromatic nitrogens is 2. The molecule has 1 aromatic carbocycles. The fraction of sp³-hybridized carbons (Fsp3) is 0. The molecule has 0 aliphatic carbocycles. The number of benzene rings is 1.